The number of Topliss-reactive ketones (excluding diaryl/α,β-unsaturated/α-hetero) is 1. The van der Waals surface area contributed by atoms with Crippen LogP contribution in [0.3, 0.4) is 0 Å². The van der Waals surface area contributed by atoms with Crippen molar-refractivity contribution < 1.29 is 23.9 Å². The van der Waals surface area contributed by atoms with Crippen LogP contribution in [0.4, 0.5) is 11.4 Å². The zero-order valence-corrected chi connectivity index (χ0v) is 23.1. The van der Waals surface area contributed by atoms with Crippen LogP contribution in [-0.2, 0) is 20.5 Å². The highest BCUT2D eigenvalue weighted by Crippen LogP contribution is 2.68. The van der Waals surface area contributed by atoms with Crippen LogP contribution in [0.1, 0.15) is 39.9 Å². The number of halogens is 1. The Morgan fingerprint density at radius 1 is 1.00 bits per heavy atom. The summed E-state index contributed by atoms with van der Waals surface area (Å²) in [5.74, 6) is -0.934. The first-order valence-electron chi connectivity index (χ1n) is 13.4. The van der Waals surface area contributed by atoms with Crippen molar-refractivity contribution in [2.24, 2.45) is 5.92 Å². The third-order valence-electron chi connectivity index (χ3n) is 9.26. The summed E-state index contributed by atoms with van der Waals surface area (Å²) < 4.78 is 11.0. The molecule has 0 unspecified atom stereocenters. The van der Waals surface area contributed by atoms with Crippen LogP contribution >= 0.6 is 11.6 Å². The number of benzene rings is 3. The summed E-state index contributed by atoms with van der Waals surface area (Å²) in [5.41, 5.74) is 0.554. The topological polar surface area (TPSA) is 97.0 Å². The van der Waals surface area contributed by atoms with E-state index in [-0.39, 0.29) is 23.6 Å². The van der Waals surface area contributed by atoms with E-state index < -0.39 is 16.9 Å². The molecule has 7 rings (SSSR count). The van der Waals surface area contributed by atoms with Crippen molar-refractivity contribution in [2.75, 3.05) is 31.4 Å². The van der Waals surface area contributed by atoms with Gasteiger partial charge in [0, 0.05) is 23.4 Å². The molecular weight excluding hydrogens is 530 g/mol. The van der Waals surface area contributed by atoms with Gasteiger partial charge in [0.25, 0.3) is 5.91 Å². The lowest BCUT2D eigenvalue weighted by atomic mass is 9.57. The van der Waals surface area contributed by atoms with Crippen molar-refractivity contribution in [3.63, 3.8) is 0 Å². The van der Waals surface area contributed by atoms with Gasteiger partial charge in [-0.3, -0.25) is 19.3 Å². The minimum Gasteiger partial charge on any atom is -0.497 e. The van der Waals surface area contributed by atoms with Crippen LogP contribution in [0.5, 0.6) is 11.5 Å². The first-order chi connectivity index (χ1) is 19.3. The average Bonchev–Trinajstić information content (AvgIpc) is 3.67. The summed E-state index contributed by atoms with van der Waals surface area (Å²) in [6, 6.07) is 15.8. The fourth-order valence-corrected chi connectivity index (χ4v) is 8.26. The number of ether oxygens (including phenoxy) is 2. The maximum Gasteiger partial charge on any atom is 0.251 e. The van der Waals surface area contributed by atoms with Crippen molar-refractivity contribution in [3.8, 4) is 11.5 Å². The van der Waals surface area contributed by atoms with Gasteiger partial charge in [0.2, 0.25) is 5.91 Å². The minimum absolute atomic E-state index is 0.250. The van der Waals surface area contributed by atoms with Crippen molar-refractivity contribution in [2.45, 2.75) is 36.8 Å². The maximum absolute atomic E-state index is 14.9. The lowest BCUT2D eigenvalue weighted by molar-refractivity contribution is -0.137. The van der Waals surface area contributed by atoms with E-state index in [0.717, 1.165) is 12.0 Å². The zero-order valence-electron chi connectivity index (χ0n) is 22.3. The molecular formula is C31H28ClN3O5. The second-order valence-corrected chi connectivity index (χ2v) is 11.4. The van der Waals surface area contributed by atoms with Crippen molar-refractivity contribution >= 4 is 40.6 Å². The van der Waals surface area contributed by atoms with Crippen molar-refractivity contribution in [3.05, 3.63) is 81.9 Å². The fraction of sp³-hybridized carbons (Fsp3) is 0.323. The largest absolute Gasteiger partial charge is 0.497 e. The molecule has 40 heavy (non-hydrogen) atoms. The van der Waals surface area contributed by atoms with Gasteiger partial charge < -0.3 is 20.1 Å². The zero-order chi connectivity index (χ0) is 28.0. The minimum atomic E-state index is -1.55. The maximum atomic E-state index is 14.9. The Kier molecular flexibility index (Phi) is 5.37. The number of methoxy groups -OCH3 is 2. The van der Waals surface area contributed by atoms with Gasteiger partial charge in [-0.05, 0) is 61.7 Å². The molecule has 2 N–H and O–H groups in total. The average molecular weight is 558 g/mol. The Labute approximate surface area is 236 Å². The molecule has 4 aliphatic heterocycles. The third kappa shape index (κ3) is 2.82. The third-order valence-corrected chi connectivity index (χ3v) is 9.56. The molecule has 0 aliphatic carbocycles. The second kappa shape index (κ2) is 8.56. The smallest absolute Gasteiger partial charge is 0.251 e. The second-order valence-electron chi connectivity index (χ2n) is 11.0. The van der Waals surface area contributed by atoms with Gasteiger partial charge in [-0.25, -0.2) is 0 Å². The van der Waals surface area contributed by atoms with Gasteiger partial charge in [0.15, 0.2) is 5.78 Å². The predicted molar refractivity (Wildman–Crippen MR) is 150 cm³/mol. The van der Waals surface area contributed by atoms with Gasteiger partial charge in [-0.2, -0.15) is 0 Å². The van der Waals surface area contributed by atoms with E-state index in [9.17, 15) is 14.4 Å². The quantitative estimate of drug-likeness (QED) is 0.452. The van der Waals surface area contributed by atoms with Crippen LogP contribution < -0.4 is 20.1 Å². The molecule has 8 nitrogen and oxygen atoms in total. The first kappa shape index (κ1) is 25.1. The number of fused-ring (bicyclic) bond motifs is 7. The number of amides is 2. The number of hydrogen-bond donors (Lipinski definition) is 2. The normalized spacial score (nSPS) is 27.9. The summed E-state index contributed by atoms with van der Waals surface area (Å²) in [6.45, 7) is 2.48. The molecule has 0 bridgehead atoms. The lowest BCUT2D eigenvalue weighted by Crippen LogP contribution is -2.62. The number of aryl methyl sites for hydroxylation is 1. The summed E-state index contributed by atoms with van der Waals surface area (Å²) >= 11 is 6.71. The number of anilines is 2. The summed E-state index contributed by atoms with van der Waals surface area (Å²) in [5, 5.41) is 6.49. The number of para-hydroxylation sites is 1. The van der Waals surface area contributed by atoms with E-state index >= 15 is 0 Å². The Balaban J connectivity index is 1.58. The van der Waals surface area contributed by atoms with Gasteiger partial charge >= 0.3 is 0 Å². The summed E-state index contributed by atoms with van der Waals surface area (Å²) in [7, 11) is 3.05. The molecule has 0 saturated carbocycles. The molecule has 2 saturated heterocycles. The van der Waals surface area contributed by atoms with Gasteiger partial charge in [0.1, 0.15) is 22.5 Å². The molecule has 9 heteroatoms. The predicted octanol–water partition coefficient (Wildman–Crippen LogP) is 4.68. The number of nitrogens with zero attached hydrogens (tertiary/aromatic N) is 1. The van der Waals surface area contributed by atoms with E-state index in [4.69, 9.17) is 21.1 Å². The monoisotopic (exact) mass is 557 g/mol. The molecule has 4 atom stereocenters. The molecule has 4 aliphatic rings. The molecule has 2 amide bonds. The first-order valence-corrected chi connectivity index (χ1v) is 13.7. The van der Waals surface area contributed by atoms with E-state index in [1.54, 1.807) is 31.4 Å². The molecule has 0 radical (unpaired) electrons. The molecule has 2 spiro atoms. The van der Waals surface area contributed by atoms with Gasteiger partial charge in [-0.1, -0.05) is 35.9 Å². The van der Waals surface area contributed by atoms with Crippen molar-refractivity contribution in [1.82, 2.24) is 4.90 Å². The molecule has 4 heterocycles. The SMILES string of the molecule is COc1ccc(C(=O)[C@@H]2[C@@H]3CCCN3[C@@]3(C(=O)Nc4c(Cl)cc(C)cc43)[C@]23C(=O)Nc2ccccc23)c(OC)c1. The number of hydrogen-bond acceptors (Lipinski definition) is 6. The lowest BCUT2D eigenvalue weighted by Gasteiger charge is -2.43. The summed E-state index contributed by atoms with van der Waals surface area (Å²) in [4.78, 5) is 46.2. The molecule has 2 fully saturated rings. The number of carbonyl (C=O) groups is 3. The van der Waals surface area contributed by atoms with Crippen molar-refractivity contribution in [1.29, 1.82) is 0 Å². The van der Waals surface area contributed by atoms with E-state index in [1.165, 1.54) is 7.11 Å². The number of nitrogens with one attached hydrogen (secondary N) is 2. The van der Waals surface area contributed by atoms with Crippen LogP contribution in [0, 0.1) is 12.8 Å². The molecule has 3 aromatic rings. The number of ketones is 1. The van der Waals surface area contributed by atoms with Crippen LogP contribution in [-0.4, -0.2) is 49.3 Å². The Hall–Kier alpha value is -3.88. The van der Waals surface area contributed by atoms with Gasteiger partial charge in [-0.15, -0.1) is 0 Å². The molecule has 0 aromatic heterocycles. The number of rotatable bonds is 4. The molecule has 3 aromatic carbocycles. The van der Waals surface area contributed by atoms with Gasteiger partial charge in [0.05, 0.1) is 36.4 Å². The highest BCUT2D eigenvalue weighted by atomic mass is 35.5. The van der Waals surface area contributed by atoms with Crippen LogP contribution in [0.2, 0.25) is 5.02 Å². The van der Waals surface area contributed by atoms with E-state index in [2.05, 4.69) is 15.5 Å². The Morgan fingerprint density at radius 3 is 2.58 bits per heavy atom. The highest BCUT2D eigenvalue weighted by Gasteiger charge is 2.81. The highest BCUT2D eigenvalue weighted by molar-refractivity contribution is 6.35. The Morgan fingerprint density at radius 2 is 1.80 bits per heavy atom. The van der Waals surface area contributed by atoms with Crippen LogP contribution in [0.15, 0.2) is 54.6 Å². The standard InChI is InChI=1S/C31H28ClN3O5/c1-16-13-20-26(21(32)14-16)34-29(38)31(20)30(19-7-4-5-8-22(19)33-28(30)37)25(23-9-6-12-35(23)31)27(36)18-11-10-17(39-2)15-24(18)40-3/h4-5,7-8,10-11,13-15,23,25H,6,9,12H2,1-3H3,(H,33,37)(H,34,38)/t23-,25-,30-,31-/m0/s1. The number of carbonyl (C=O) groups excluding carboxylic acids is 3. The van der Waals surface area contributed by atoms with E-state index in [0.29, 0.717) is 57.6 Å². The molecule has 204 valence electrons. The summed E-state index contributed by atoms with van der Waals surface area (Å²) in [6.07, 6.45) is 1.45. The Bertz CT molecular complexity index is 1640. The fourth-order valence-electron chi connectivity index (χ4n) is 7.94. The van der Waals surface area contributed by atoms with Crippen LogP contribution in [0.25, 0.3) is 0 Å². The van der Waals surface area contributed by atoms with E-state index in [1.807, 2.05) is 37.3 Å².